The lowest BCUT2D eigenvalue weighted by Crippen LogP contribution is -1.80. The van der Waals surface area contributed by atoms with Crippen molar-refractivity contribution < 1.29 is 0 Å². The van der Waals surface area contributed by atoms with Gasteiger partial charge in [-0.25, -0.2) is 0 Å². The number of nitrogens with zero attached hydrogens (tertiary/aromatic N) is 1. The van der Waals surface area contributed by atoms with Crippen LogP contribution in [0.3, 0.4) is 0 Å². The average molecular weight is 342 g/mol. The number of benzene rings is 1. The summed E-state index contributed by atoms with van der Waals surface area (Å²) in [5, 5.41) is 9.08. The van der Waals surface area contributed by atoms with Gasteiger partial charge in [-0.1, -0.05) is 11.6 Å². The largest absolute Gasteiger partial charge is 0.192 e. The van der Waals surface area contributed by atoms with E-state index in [0.717, 1.165) is 8.04 Å². The second kappa shape index (κ2) is 3.74. The lowest BCUT2D eigenvalue weighted by Gasteiger charge is -1.97. The molecule has 0 saturated carbocycles. The standard InChI is InChI=1S/C7H2BrClIN/c8-5-1-4(3-11)6(9)2-7(5)10/h1-2H. The molecule has 1 rings (SSSR count). The van der Waals surface area contributed by atoms with Crippen molar-refractivity contribution in [1.29, 1.82) is 5.26 Å². The van der Waals surface area contributed by atoms with Gasteiger partial charge in [-0.3, -0.25) is 0 Å². The minimum atomic E-state index is 0.499. The summed E-state index contributed by atoms with van der Waals surface area (Å²) in [4.78, 5) is 0. The molecule has 4 heteroatoms. The summed E-state index contributed by atoms with van der Waals surface area (Å²) in [7, 11) is 0. The van der Waals surface area contributed by atoms with Crippen molar-refractivity contribution in [3.8, 4) is 6.07 Å². The van der Waals surface area contributed by atoms with E-state index in [9.17, 15) is 0 Å². The third kappa shape index (κ3) is 2.08. The fraction of sp³-hybridized carbons (Fsp3) is 0. The van der Waals surface area contributed by atoms with Crippen LogP contribution in [-0.2, 0) is 0 Å². The van der Waals surface area contributed by atoms with Crippen LogP contribution in [0.15, 0.2) is 16.6 Å². The molecule has 56 valence electrons. The lowest BCUT2D eigenvalue weighted by molar-refractivity contribution is 1.46. The number of hydrogen-bond acceptors (Lipinski definition) is 1. The van der Waals surface area contributed by atoms with Crippen LogP contribution in [-0.4, -0.2) is 0 Å². The fourth-order valence-corrected chi connectivity index (χ4v) is 1.81. The van der Waals surface area contributed by atoms with Crippen molar-refractivity contribution in [1.82, 2.24) is 0 Å². The molecule has 0 bridgehead atoms. The Kier molecular flexibility index (Phi) is 3.16. The molecule has 0 heterocycles. The molecule has 0 N–H and O–H groups in total. The molecular formula is C7H2BrClIN. The molecule has 0 unspecified atom stereocenters. The second-order valence-corrected chi connectivity index (χ2v) is 4.28. The molecule has 0 saturated heterocycles. The third-order valence-electron chi connectivity index (χ3n) is 1.13. The molecule has 11 heavy (non-hydrogen) atoms. The first-order valence-corrected chi connectivity index (χ1v) is 4.94. The SMILES string of the molecule is N#Cc1cc(Br)c(I)cc1Cl. The van der Waals surface area contributed by atoms with Gasteiger partial charge in [0.05, 0.1) is 10.6 Å². The number of rotatable bonds is 0. The maximum atomic E-state index is 8.58. The topological polar surface area (TPSA) is 23.8 Å². The summed E-state index contributed by atoms with van der Waals surface area (Å²) < 4.78 is 1.91. The van der Waals surface area contributed by atoms with Crippen LogP contribution in [0, 0.1) is 14.9 Å². The highest BCUT2D eigenvalue weighted by Crippen LogP contribution is 2.25. The Bertz CT molecular complexity index is 332. The van der Waals surface area contributed by atoms with Crippen LogP contribution in [0.4, 0.5) is 0 Å². The molecule has 0 aromatic heterocycles. The summed E-state index contributed by atoms with van der Waals surface area (Å²) in [6.07, 6.45) is 0. The van der Waals surface area contributed by atoms with Crippen LogP contribution in [0.1, 0.15) is 5.56 Å². The van der Waals surface area contributed by atoms with Crippen molar-refractivity contribution in [3.05, 3.63) is 30.8 Å². The first-order chi connectivity index (χ1) is 5.15. The average Bonchev–Trinajstić information content (AvgIpc) is 1.97. The van der Waals surface area contributed by atoms with Crippen molar-refractivity contribution >= 4 is 50.1 Å². The zero-order chi connectivity index (χ0) is 8.43. The molecule has 0 aliphatic carbocycles. The van der Waals surface area contributed by atoms with Gasteiger partial charge in [0.15, 0.2) is 0 Å². The smallest absolute Gasteiger partial charge is 0.101 e. The maximum Gasteiger partial charge on any atom is 0.101 e. The number of halogens is 3. The van der Waals surface area contributed by atoms with E-state index >= 15 is 0 Å². The molecule has 0 spiro atoms. The second-order valence-electron chi connectivity index (χ2n) is 1.86. The predicted octanol–water partition coefficient (Wildman–Crippen LogP) is 3.58. The minimum Gasteiger partial charge on any atom is -0.192 e. The Morgan fingerprint density at radius 3 is 2.73 bits per heavy atom. The number of hydrogen-bond donors (Lipinski definition) is 0. The van der Waals surface area contributed by atoms with E-state index in [0.29, 0.717) is 10.6 Å². The van der Waals surface area contributed by atoms with Gasteiger partial charge in [-0.15, -0.1) is 0 Å². The number of nitriles is 1. The Morgan fingerprint density at radius 1 is 1.55 bits per heavy atom. The van der Waals surface area contributed by atoms with Gasteiger partial charge >= 0.3 is 0 Å². The highest BCUT2D eigenvalue weighted by Gasteiger charge is 2.03. The summed E-state index contributed by atoms with van der Waals surface area (Å²) in [5.41, 5.74) is 0.499. The fourth-order valence-electron chi connectivity index (χ4n) is 0.608. The molecular weight excluding hydrogens is 340 g/mol. The van der Waals surface area contributed by atoms with E-state index in [1.807, 2.05) is 6.07 Å². The molecule has 0 aliphatic heterocycles. The van der Waals surface area contributed by atoms with Gasteiger partial charge in [-0.05, 0) is 50.7 Å². The van der Waals surface area contributed by atoms with Crippen molar-refractivity contribution in [2.24, 2.45) is 0 Å². The van der Waals surface area contributed by atoms with Crippen LogP contribution < -0.4 is 0 Å². The Balaban J connectivity index is 3.35. The lowest BCUT2D eigenvalue weighted by atomic mass is 10.2. The highest BCUT2D eigenvalue weighted by atomic mass is 127. The molecule has 1 aromatic carbocycles. The maximum absolute atomic E-state index is 8.58. The Morgan fingerprint density at radius 2 is 2.18 bits per heavy atom. The van der Waals surface area contributed by atoms with Crippen LogP contribution in [0.2, 0.25) is 5.02 Å². The van der Waals surface area contributed by atoms with E-state index in [4.69, 9.17) is 16.9 Å². The molecule has 1 nitrogen and oxygen atoms in total. The van der Waals surface area contributed by atoms with E-state index in [2.05, 4.69) is 38.5 Å². The van der Waals surface area contributed by atoms with Gasteiger partial charge in [0, 0.05) is 8.04 Å². The monoisotopic (exact) mass is 341 g/mol. The summed E-state index contributed by atoms with van der Waals surface area (Å²) in [6, 6.07) is 5.47. The van der Waals surface area contributed by atoms with Crippen LogP contribution >= 0.6 is 50.1 Å². The Labute approximate surface area is 91.6 Å². The van der Waals surface area contributed by atoms with Crippen molar-refractivity contribution in [2.45, 2.75) is 0 Å². The zero-order valence-corrected chi connectivity index (χ0v) is 9.74. The van der Waals surface area contributed by atoms with Gasteiger partial charge < -0.3 is 0 Å². The van der Waals surface area contributed by atoms with Gasteiger partial charge in [0.25, 0.3) is 0 Å². The molecule has 0 fully saturated rings. The molecule has 1 aromatic rings. The third-order valence-corrected chi connectivity index (χ3v) is 3.73. The Hall–Kier alpha value is 0.210. The van der Waals surface area contributed by atoms with Crippen molar-refractivity contribution in [2.75, 3.05) is 0 Å². The van der Waals surface area contributed by atoms with E-state index in [1.54, 1.807) is 12.1 Å². The van der Waals surface area contributed by atoms with E-state index in [1.165, 1.54) is 0 Å². The van der Waals surface area contributed by atoms with Crippen LogP contribution in [0.25, 0.3) is 0 Å². The summed E-state index contributed by atoms with van der Waals surface area (Å²) in [5.74, 6) is 0. The van der Waals surface area contributed by atoms with Crippen molar-refractivity contribution in [3.63, 3.8) is 0 Å². The normalized spacial score (nSPS) is 9.27. The van der Waals surface area contributed by atoms with Gasteiger partial charge in [-0.2, -0.15) is 5.26 Å². The van der Waals surface area contributed by atoms with Gasteiger partial charge in [0.1, 0.15) is 6.07 Å². The zero-order valence-electron chi connectivity index (χ0n) is 5.24. The highest BCUT2D eigenvalue weighted by molar-refractivity contribution is 14.1. The van der Waals surface area contributed by atoms with Gasteiger partial charge in [0.2, 0.25) is 0 Å². The van der Waals surface area contributed by atoms with Crippen LogP contribution in [0.5, 0.6) is 0 Å². The van der Waals surface area contributed by atoms with E-state index < -0.39 is 0 Å². The van der Waals surface area contributed by atoms with E-state index in [-0.39, 0.29) is 0 Å². The molecule has 0 aliphatic rings. The summed E-state index contributed by atoms with van der Waals surface area (Å²) >= 11 is 11.2. The molecule has 0 radical (unpaired) electrons. The minimum absolute atomic E-state index is 0.499. The molecule has 0 amide bonds. The first kappa shape index (κ1) is 9.30. The predicted molar refractivity (Wildman–Crippen MR) is 56.6 cm³/mol. The quantitative estimate of drug-likeness (QED) is 0.522. The first-order valence-electron chi connectivity index (χ1n) is 2.70. The summed E-state index contributed by atoms with van der Waals surface area (Å²) in [6.45, 7) is 0. The molecule has 0 atom stereocenters.